The molecule has 1 aliphatic rings. The maximum Gasteiger partial charge on any atom is 0.416 e. The minimum absolute atomic E-state index is 0.0636. The predicted molar refractivity (Wildman–Crippen MR) is 104 cm³/mol. The number of rotatable bonds is 1. The van der Waals surface area contributed by atoms with E-state index in [-0.39, 0.29) is 17.6 Å². The summed E-state index contributed by atoms with van der Waals surface area (Å²) in [4.78, 5) is 3.68. The summed E-state index contributed by atoms with van der Waals surface area (Å²) in [5.41, 5.74) is 5.45. The monoisotopic (exact) mass is 429 g/mol. The van der Waals surface area contributed by atoms with E-state index in [2.05, 4.69) is 22.9 Å². The van der Waals surface area contributed by atoms with Crippen LogP contribution in [-0.2, 0) is 6.18 Å². The van der Waals surface area contributed by atoms with Crippen molar-refractivity contribution in [3.63, 3.8) is 0 Å². The molecular weight excluding hydrogens is 410 g/mol. The lowest BCUT2D eigenvalue weighted by molar-refractivity contribution is -0.137. The molecule has 1 atom stereocenters. The number of thiol groups is 1. The SMILES string of the molecule is Nc1ncc2c(F)cc(-c3ccc(C(F)(F)F)cc3)n2n1.OC1CCCN(S)C1. The quantitative estimate of drug-likeness (QED) is 0.408. The maximum absolute atomic E-state index is 13.8. The highest BCUT2D eigenvalue weighted by Gasteiger charge is 2.30. The number of piperidine rings is 1. The fraction of sp³-hybridized carbons (Fsp3) is 0.333. The highest BCUT2D eigenvalue weighted by molar-refractivity contribution is 7.77. The first kappa shape index (κ1) is 21.3. The molecule has 11 heteroatoms. The van der Waals surface area contributed by atoms with Crippen LogP contribution in [0.5, 0.6) is 0 Å². The number of anilines is 1. The molecule has 0 bridgehead atoms. The molecule has 3 heterocycles. The number of benzene rings is 1. The van der Waals surface area contributed by atoms with Crippen molar-refractivity contribution in [2.24, 2.45) is 0 Å². The molecule has 0 saturated carbocycles. The molecule has 156 valence electrons. The fourth-order valence-electron chi connectivity index (χ4n) is 2.94. The van der Waals surface area contributed by atoms with E-state index in [1.165, 1.54) is 28.9 Å². The average Bonchev–Trinajstić information content (AvgIpc) is 2.97. The van der Waals surface area contributed by atoms with Crippen LogP contribution in [0, 0.1) is 5.82 Å². The van der Waals surface area contributed by atoms with Crippen molar-refractivity contribution >= 4 is 24.3 Å². The molecule has 0 radical (unpaired) electrons. The number of hydrogen-bond acceptors (Lipinski definition) is 6. The number of aliphatic hydroxyl groups is 1. The molecule has 1 aromatic carbocycles. The largest absolute Gasteiger partial charge is 0.416 e. The van der Waals surface area contributed by atoms with Crippen molar-refractivity contribution in [1.29, 1.82) is 0 Å². The van der Waals surface area contributed by atoms with Gasteiger partial charge in [0.25, 0.3) is 0 Å². The summed E-state index contributed by atoms with van der Waals surface area (Å²) in [6, 6.07) is 5.53. The summed E-state index contributed by atoms with van der Waals surface area (Å²) in [6.07, 6.45) is -1.33. The zero-order chi connectivity index (χ0) is 21.2. The molecule has 1 unspecified atom stereocenters. The minimum Gasteiger partial charge on any atom is -0.392 e. The third-order valence-corrected chi connectivity index (χ3v) is 4.73. The van der Waals surface area contributed by atoms with Crippen LogP contribution in [0.25, 0.3) is 16.8 Å². The van der Waals surface area contributed by atoms with Gasteiger partial charge in [0.05, 0.1) is 23.6 Å². The molecule has 0 aliphatic carbocycles. The molecule has 1 saturated heterocycles. The minimum atomic E-state index is -4.42. The smallest absolute Gasteiger partial charge is 0.392 e. The number of halogens is 4. The van der Waals surface area contributed by atoms with Gasteiger partial charge in [-0.2, -0.15) is 13.2 Å². The Bertz CT molecular complexity index is 969. The van der Waals surface area contributed by atoms with Gasteiger partial charge in [0.15, 0.2) is 5.82 Å². The Morgan fingerprint density at radius 3 is 2.45 bits per heavy atom. The lowest BCUT2D eigenvalue weighted by Gasteiger charge is -2.24. The Balaban J connectivity index is 0.000000252. The van der Waals surface area contributed by atoms with Crippen molar-refractivity contribution in [3.05, 3.63) is 47.9 Å². The second-order valence-electron chi connectivity index (χ2n) is 6.57. The van der Waals surface area contributed by atoms with Crippen LogP contribution in [0.3, 0.4) is 0 Å². The van der Waals surface area contributed by atoms with E-state index in [4.69, 9.17) is 10.8 Å². The number of aliphatic hydroxyl groups excluding tert-OH is 1. The first-order chi connectivity index (χ1) is 13.6. The van der Waals surface area contributed by atoms with E-state index < -0.39 is 17.6 Å². The van der Waals surface area contributed by atoms with Gasteiger partial charge in [-0.3, -0.25) is 4.31 Å². The molecule has 29 heavy (non-hydrogen) atoms. The van der Waals surface area contributed by atoms with Gasteiger partial charge in [0, 0.05) is 24.7 Å². The first-order valence-corrected chi connectivity index (χ1v) is 9.14. The number of alkyl halides is 3. The second-order valence-corrected chi connectivity index (χ2v) is 7.14. The third kappa shape index (κ3) is 5.17. The van der Waals surface area contributed by atoms with Crippen LogP contribution >= 0.6 is 12.8 Å². The molecule has 4 rings (SSSR count). The van der Waals surface area contributed by atoms with Crippen molar-refractivity contribution < 1.29 is 22.7 Å². The highest BCUT2D eigenvalue weighted by atomic mass is 32.1. The van der Waals surface area contributed by atoms with Gasteiger partial charge in [0.2, 0.25) is 5.95 Å². The van der Waals surface area contributed by atoms with Gasteiger partial charge in [0.1, 0.15) is 5.52 Å². The normalized spacial score (nSPS) is 17.8. The van der Waals surface area contributed by atoms with Crippen molar-refractivity contribution in [3.8, 4) is 11.3 Å². The van der Waals surface area contributed by atoms with Crippen LogP contribution in [0.4, 0.5) is 23.5 Å². The highest BCUT2D eigenvalue weighted by Crippen LogP contribution is 2.31. The van der Waals surface area contributed by atoms with Crippen LogP contribution in [0.1, 0.15) is 18.4 Å². The molecule has 0 amide bonds. The molecule has 3 N–H and O–H groups in total. The molecule has 3 aromatic rings. The Hall–Kier alpha value is -2.37. The number of fused-ring (bicyclic) bond motifs is 1. The van der Waals surface area contributed by atoms with Crippen LogP contribution in [-0.4, -0.2) is 43.2 Å². The van der Waals surface area contributed by atoms with E-state index in [0.29, 0.717) is 11.3 Å². The number of hydrogen-bond donors (Lipinski definition) is 3. The summed E-state index contributed by atoms with van der Waals surface area (Å²) in [7, 11) is 0. The van der Waals surface area contributed by atoms with Gasteiger partial charge in [-0.1, -0.05) is 24.9 Å². The summed E-state index contributed by atoms with van der Waals surface area (Å²) < 4.78 is 54.4. The number of β-amino-alcohol motifs (C(OH)–C–C–N with tert-alkyl or cyclic N) is 1. The summed E-state index contributed by atoms with van der Waals surface area (Å²) >= 11 is 4.09. The topological polar surface area (TPSA) is 79.7 Å². The molecule has 6 nitrogen and oxygen atoms in total. The zero-order valence-electron chi connectivity index (χ0n) is 15.1. The summed E-state index contributed by atoms with van der Waals surface area (Å²) in [5, 5.41) is 12.9. The van der Waals surface area contributed by atoms with Crippen molar-refractivity contribution in [2.75, 3.05) is 18.8 Å². The zero-order valence-corrected chi connectivity index (χ0v) is 16.0. The van der Waals surface area contributed by atoms with E-state index in [0.717, 1.165) is 38.1 Å². The number of nitrogens with zero attached hydrogens (tertiary/aromatic N) is 4. The van der Waals surface area contributed by atoms with Crippen LogP contribution in [0.2, 0.25) is 0 Å². The predicted octanol–water partition coefficient (Wildman–Crippen LogP) is 3.42. The molecule has 2 aromatic heterocycles. The van der Waals surface area contributed by atoms with Crippen LogP contribution in [0.15, 0.2) is 36.5 Å². The Labute approximate surface area is 169 Å². The van der Waals surface area contributed by atoms with E-state index in [9.17, 15) is 17.6 Å². The summed E-state index contributed by atoms with van der Waals surface area (Å²) in [5.74, 6) is -0.642. The van der Waals surface area contributed by atoms with E-state index >= 15 is 0 Å². The van der Waals surface area contributed by atoms with Crippen molar-refractivity contribution in [2.45, 2.75) is 25.1 Å². The van der Waals surface area contributed by atoms with Gasteiger partial charge in [-0.25, -0.2) is 13.9 Å². The van der Waals surface area contributed by atoms with E-state index in [1.54, 1.807) is 0 Å². The molecular formula is C18H19F4N5OS. The Kier molecular flexibility index (Phi) is 6.30. The van der Waals surface area contributed by atoms with Gasteiger partial charge >= 0.3 is 6.18 Å². The van der Waals surface area contributed by atoms with Crippen LogP contribution < -0.4 is 5.73 Å². The van der Waals surface area contributed by atoms with Gasteiger partial charge in [-0.05, 0) is 25.0 Å². The molecule has 0 spiro atoms. The lowest BCUT2D eigenvalue weighted by atomic mass is 10.1. The standard InChI is InChI=1S/C13H8F4N4.C5H11NOS/c14-9-5-10(21-11(9)6-19-12(18)20-21)7-1-3-8(4-2-7)13(15,16)17;7-5-2-1-3-6(8)4-5/h1-6H,(H2,18,20);5,7-8H,1-4H2. The average molecular weight is 429 g/mol. The Morgan fingerprint density at radius 1 is 1.21 bits per heavy atom. The second kappa shape index (κ2) is 8.56. The lowest BCUT2D eigenvalue weighted by Crippen LogP contribution is -2.31. The fourth-order valence-corrected chi connectivity index (χ4v) is 3.27. The third-order valence-electron chi connectivity index (χ3n) is 4.37. The van der Waals surface area contributed by atoms with Crippen molar-refractivity contribution in [1.82, 2.24) is 18.9 Å². The van der Waals surface area contributed by atoms with E-state index in [1.807, 2.05) is 4.31 Å². The van der Waals surface area contributed by atoms with Gasteiger partial charge < -0.3 is 10.8 Å². The number of aromatic nitrogens is 3. The molecule has 1 aliphatic heterocycles. The maximum atomic E-state index is 13.8. The number of nitrogen functional groups attached to an aromatic ring is 1. The first-order valence-electron chi connectivity index (χ1n) is 8.74. The number of nitrogens with two attached hydrogens (primary N) is 1. The Morgan fingerprint density at radius 2 is 1.90 bits per heavy atom. The summed E-state index contributed by atoms with van der Waals surface area (Å²) in [6.45, 7) is 1.74. The van der Waals surface area contributed by atoms with Gasteiger partial charge in [-0.15, -0.1) is 5.10 Å². The molecule has 1 fully saturated rings.